The van der Waals surface area contributed by atoms with Gasteiger partial charge in [-0.05, 0) is 69.8 Å². The Morgan fingerprint density at radius 3 is 2.71 bits per heavy atom. The van der Waals surface area contributed by atoms with Crippen LogP contribution in [0.3, 0.4) is 0 Å². The molecule has 2 aromatic heterocycles. The topological polar surface area (TPSA) is 81.0 Å². The van der Waals surface area contributed by atoms with E-state index < -0.39 is 0 Å². The number of aryl methyl sites for hydroxylation is 1. The van der Waals surface area contributed by atoms with Crippen LogP contribution in [0.5, 0.6) is 0 Å². The number of nitrogens with one attached hydrogen (secondary N) is 1. The van der Waals surface area contributed by atoms with E-state index in [1.807, 2.05) is 32.2 Å². The highest BCUT2D eigenvalue weighted by atomic mass is 15.3. The van der Waals surface area contributed by atoms with Crippen LogP contribution in [0.1, 0.15) is 61.5 Å². The number of rotatable bonds is 6. The highest BCUT2D eigenvalue weighted by Gasteiger charge is 2.39. The summed E-state index contributed by atoms with van der Waals surface area (Å²) in [5.41, 5.74) is 3.67. The Hall–Kier alpha value is -3.24. The van der Waals surface area contributed by atoms with E-state index in [1.165, 1.54) is 25.8 Å². The van der Waals surface area contributed by atoms with Crippen molar-refractivity contribution in [2.75, 3.05) is 29.9 Å². The largest absolute Gasteiger partial charge is 0.362 e. The molecular formula is C27H33N7. The number of aromatic nitrogens is 3. The van der Waals surface area contributed by atoms with Gasteiger partial charge >= 0.3 is 0 Å². The van der Waals surface area contributed by atoms with Crippen molar-refractivity contribution in [2.24, 2.45) is 0 Å². The molecule has 5 heterocycles. The molecule has 3 aliphatic rings. The molecule has 0 spiro atoms. The highest BCUT2D eigenvalue weighted by Crippen LogP contribution is 2.35. The van der Waals surface area contributed by atoms with Crippen LogP contribution in [0.4, 0.5) is 11.6 Å². The molecule has 3 fully saturated rings. The van der Waals surface area contributed by atoms with Crippen molar-refractivity contribution in [1.29, 1.82) is 5.26 Å². The molecule has 1 N–H and O–H groups in total. The number of hydrogen-bond acceptors (Lipinski definition) is 7. The van der Waals surface area contributed by atoms with Gasteiger partial charge in [0.2, 0.25) is 0 Å². The van der Waals surface area contributed by atoms with E-state index in [-0.39, 0.29) is 6.04 Å². The molecule has 0 aliphatic carbocycles. The van der Waals surface area contributed by atoms with E-state index in [0.29, 0.717) is 17.6 Å². The minimum Gasteiger partial charge on any atom is -0.362 e. The van der Waals surface area contributed by atoms with Crippen molar-refractivity contribution in [2.45, 2.75) is 65.1 Å². The third-order valence-corrected chi connectivity index (χ3v) is 7.60. The molecule has 0 unspecified atom stereocenters. The smallest absolute Gasteiger partial charge is 0.157 e. The SMILES string of the molecule is CCCN1C[C@H]2CC[C@@H]1CN2c1cc2c(N[C@H](C)c3cccc(C#N)c3C)nnc(C)c2cn1. The highest BCUT2D eigenvalue weighted by molar-refractivity contribution is 5.94. The van der Waals surface area contributed by atoms with Gasteiger partial charge in [-0.15, -0.1) is 5.10 Å². The summed E-state index contributed by atoms with van der Waals surface area (Å²) in [6, 6.07) is 11.5. The number of nitrogens with zero attached hydrogens (tertiary/aromatic N) is 6. The molecule has 176 valence electrons. The standard InChI is InChI=1S/C27H33N7/c1-5-11-33-15-22-10-9-21(33)16-34(22)26-12-24-25(14-29-26)19(4)31-32-27(24)30-18(3)23-8-6-7-20(13-28)17(23)2/h6-8,12,14,18,21-22H,5,9-11,15-16H2,1-4H3,(H,30,32)/t18-,21-,22-/m1/s1. The minimum atomic E-state index is -0.0151. The molecule has 34 heavy (non-hydrogen) atoms. The number of pyridine rings is 1. The third kappa shape index (κ3) is 3.97. The fraction of sp³-hybridized carbons (Fsp3) is 0.481. The minimum absolute atomic E-state index is 0.0151. The average molecular weight is 456 g/mol. The number of hydrogen-bond donors (Lipinski definition) is 1. The van der Waals surface area contributed by atoms with E-state index in [0.717, 1.165) is 52.3 Å². The average Bonchev–Trinajstić information content (AvgIpc) is 2.86. The molecular weight excluding hydrogens is 422 g/mol. The molecule has 3 aromatic rings. The van der Waals surface area contributed by atoms with Gasteiger partial charge < -0.3 is 10.2 Å². The normalized spacial score (nSPS) is 21.0. The summed E-state index contributed by atoms with van der Waals surface area (Å²) in [5, 5.41) is 24.0. The summed E-state index contributed by atoms with van der Waals surface area (Å²) in [6.45, 7) is 11.7. The van der Waals surface area contributed by atoms with Crippen LogP contribution < -0.4 is 10.2 Å². The van der Waals surface area contributed by atoms with Gasteiger partial charge in [0.25, 0.3) is 0 Å². The maximum atomic E-state index is 9.42. The summed E-state index contributed by atoms with van der Waals surface area (Å²) in [6.07, 6.45) is 5.68. The second-order valence-corrected chi connectivity index (χ2v) is 9.75. The first kappa shape index (κ1) is 22.5. The van der Waals surface area contributed by atoms with Gasteiger partial charge in [0.15, 0.2) is 5.82 Å². The molecule has 3 saturated heterocycles. The van der Waals surface area contributed by atoms with Crippen molar-refractivity contribution in [3.05, 3.63) is 52.8 Å². The lowest BCUT2D eigenvalue weighted by Gasteiger charge is -2.52. The molecule has 3 atom stereocenters. The zero-order chi connectivity index (χ0) is 23.8. The summed E-state index contributed by atoms with van der Waals surface area (Å²) >= 11 is 0. The van der Waals surface area contributed by atoms with Crippen molar-refractivity contribution >= 4 is 22.4 Å². The van der Waals surface area contributed by atoms with Crippen molar-refractivity contribution < 1.29 is 0 Å². The second kappa shape index (κ2) is 9.19. The monoisotopic (exact) mass is 455 g/mol. The second-order valence-electron chi connectivity index (χ2n) is 9.75. The number of piperidine rings is 2. The van der Waals surface area contributed by atoms with Crippen LogP contribution >= 0.6 is 0 Å². The molecule has 0 saturated carbocycles. The quantitative estimate of drug-likeness (QED) is 0.574. The lowest BCUT2D eigenvalue weighted by atomic mass is 9.90. The van der Waals surface area contributed by atoms with Crippen molar-refractivity contribution in [1.82, 2.24) is 20.1 Å². The lowest BCUT2D eigenvalue weighted by molar-refractivity contribution is 0.0959. The third-order valence-electron chi connectivity index (χ3n) is 7.60. The number of benzene rings is 1. The van der Waals surface area contributed by atoms with Crippen LogP contribution in [0.2, 0.25) is 0 Å². The fourth-order valence-corrected chi connectivity index (χ4v) is 5.71. The predicted molar refractivity (Wildman–Crippen MR) is 136 cm³/mol. The molecule has 2 bridgehead atoms. The molecule has 7 heteroatoms. The first-order valence-electron chi connectivity index (χ1n) is 12.4. The maximum absolute atomic E-state index is 9.42. The van der Waals surface area contributed by atoms with Crippen LogP contribution in [-0.2, 0) is 0 Å². The van der Waals surface area contributed by atoms with Crippen LogP contribution in [0, 0.1) is 25.2 Å². The van der Waals surface area contributed by atoms with Gasteiger partial charge in [0, 0.05) is 42.1 Å². The molecule has 0 amide bonds. The summed E-state index contributed by atoms with van der Waals surface area (Å²) in [7, 11) is 0. The van der Waals surface area contributed by atoms with Crippen LogP contribution in [-0.4, -0.2) is 51.8 Å². The van der Waals surface area contributed by atoms with E-state index >= 15 is 0 Å². The lowest BCUT2D eigenvalue weighted by Crippen LogP contribution is -2.63. The summed E-state index contributed by atoms with van der Waals surface area (Å²) < 4.78 is 0. The predicted octanol–water partition coefficient (Wildman–Crippen LogP) is 4.75. The first-order chi connectivity index (χ1) is 16.5. The Bertz CT molecular complexity index is 1250. The zero-order valence-electron chi connectivity index (χ0n) is 20.5. The zero-order valence-corrected chi connectivity index (χ0v) is 20.5. The Kier molecular flexibility index (Phi) is 6.09. The molecule has 7 nitrogen and oxygen atoms in total. The van der Waals surface area contributed by atoms with Gasteiger partial charge in [-0.25, -0.2) is 4.98 Å². The van der Waals surface area contributed by atoms with E-state index in [9.17, 15) is 5.26 Å². The number of fused-ring (bicyclic) bond motifs is 4. The number of anilines is 2. The maximum Gasteiger partial charge on any atom is 0.157 e. The van der Waals surface area contributed by atoms with E-state index in [2.05, 4.69) is 57.4 Å². The summed E-state index contributed by atoms with van der Waals surface area (Å²) in [5.74, 6) is 1.79. The van der Waals surface area contributed by atoms with Crippen LogP contribution in [0.25, 0.3) is 10.8 Å². The Labute approximate surface area is 201 Å². The molecule has 3 aliphatic heterocycles. The Morgan fingerprint density at radius 1 is 1.15 bits per heavy atom. The van der Waals surface area contributed by atoms with Gasteiger partial charge in [-0.1, -0.05) is 19.1 Å². The first-order valence-corrected chi connectivity index (χ1v) is 12.4. The molecule has 1 aromatic carbocycles. The molecule has 6 rings (SSSR count). The van der Waals surface area contributed by atoms with Crippen molar-refractivity contribution in [3.63, 3.8) is 0 Å². The van der Waals surface area contributed by atoms with Crippen LogP contribution in [0.15, 0.2) is 30.5 Å². The van der Waals surface area contributed by atoms with Gasteiger partial charge in [0.1, 0.15) is 5.82 Å². The molecule has 0 radical (unpaired) electrons. The van der Waals surface area contributed by atoms with Gasteiger partial charge in [-0.3, -0.25) is 4.90 Å². The van der Waals surface area contributed by atoms with Gasteiger partial charge in [0.05, 0.1) is 23.4 Å². The van der Waals surface area contributed by atoms with Crippen molar-refractivity contribution in [3.8, 4) is 6.07 Å². The van der Waals surface area contributed by atoms with E-state index in [1.54, 1.807) is 0 Å². The summed E-state index contributed by atoms with van der Waals surface area (Å²) in [4.78, 5) is 10.0. The fourth-order valence-electron chi connectivity index (χ4n) is 5.71. The Balaban J connectivity index is 1.47. The van der Waals surface area contributed by atoms with E-state index in [4.69, 9.17) is 4.98 Å². The number of piperazine rings is 1. The number of nitriles is 1. The Morgan fingerprint density at radius 2 is 1.97 bits per heavy atom. The van der Waals surface area contributed by atoms with Gasteiger partial charge in [-0.2, -0.15) is 10.4 Å².